The highest BCUT2D eigenvalue weighted by Crippen LogP contribution is 2.37. The summed E-state index contributed by atoms with van der Waals surface area (Å²) in [6, 6.07) is 15.9. The van der Waals surface area contributed by atoms with Gasteiger partial charge in [0.1, 0.15) is 5.70 Å². The Kier molecular flexibility index (Phi) is 4.98. The highest BCUT2D eigenvalue weighted by atomic mass is 35.5. The third-order valence-electron chi connectivity index (χ3n) is 4.24. The predicted molar refractivity (Wildman–Crippen MR) is 115 cm³/mol. The van der Waals surface area contributed by atoms with Gasteiger partial charge in [-0.1, -0.05) is 41.4 Å². The van der Waals surface area contributed by atoms with Crippen molar-refractivity contribution in [2.75, 3.05) is 10.2 Å². The van der Waals surface area contributed by atoms with Crippen LogP contribution in [0, 0.1) is 6.92 Å². The van der Waals surface area contributed by atoms with Gasteiger partial charge >= 0.3 is 0 Å². The van der Waals surface area contributed by atoms with Crippen LogP contribution in [0.3, 0.4) is 0 Å². The van der Waals surface area contributed by atoms with Crippen LogP contribution in [0.25, 0.3) is 5.57 Å². The summed E-state index contributed by atoms with van der Waals surface area (Å²) in [4.78, 5) is 28.3. The van der Waals surface area contributed by atoms with E-state index in [1.165, 1.54) is 11.3 Å². The number of benzene rings is 2. The fourth-order valence-electron chi connectivity index (χ4n) is 3.07. The SMILES string of the molecule is Cc1cccc(NC2=C(c3cccs3)C(=O)N(c3cc(Cl)cc(Cl)c3)C2=O)c1. The van der Waals surface area contributed by atoms with E-state index in [1.54, 1.807) is 18.2 Å². The van der Waals surface area contributed by atoms with E-state index in [0.717, 1.165) is 16.2 Å². The van der Waals surface area contributed by atoms with Crippen LogP contribution < -0.4 is 10.2 Å². The lowest BCUT2D eigenvalue weighted by Gasteiger charge is -2.16. The smallest absolute Gasteiger partial charge is 0.282 e. The molecule has 0 fully saturated rings. The van der Waals surface area contributed by atoms with Crippen LogP contribution >= 0.6 is 34.5 Å². The summed E-state index contributed by atoms with van der Waals surface area (Å²) in [6.45, 7) is 1.96. The lowest BCUT2D eigenvalue weighted by Crippen LogP contribution is -2.32. The van der Waals surface area contributed by atoms with E-state index < -0.39 is 11.8 Å². The molecule has 28 heavy (non-hydrogen) atoms. The Morgan fingerprint density at radius 1 is 0.929 bits per heavy atom. The third kappa shape index (κ3) is 3.44. The number of rotatable bonds is 4. The molecule has 0 radical (unpaired) electrons. The molecule has 1 aliphatic heterocycles. The highest BCUT2D eigenvalue weighted by Gasteiger charge is 2.40. The van der Waals surface area contributed by atoms with Gasteiger partial charge in [-0.25, -0.2) is 4.90 Å². The van der Waals surface area contributed by atoms with Gasteiger partial charge in [-0.05, 0) is 54.3 Å². The van der Waals surface area contributed by atoms with Gasteiger partial charge in [-0.2, -0.15) is 0 Å². The lowest BCUT2D eigenvalue weighted by atomic mass is 10.1. The highest BCUT2D eigenvalue weighted by molar-refractivity contribution is 7.11. The van der Waals surface area contributed by atoms with Crippen LogP contribution in [0.4, 0.5) is 11.4 Å². The molecule has 0 spiro atoms. The molecule has 3 aromatic rings. The van der Waals surface area contributed by atoms with Crippen molar-refractivity contribution < 1.29 is 9.59 Å². The van der Waals surface area contributed by atoms with Gasteiger partial charge in [0.25, 0.3) is 11.8 Å². The summed E-state index contributed by atoms with van der Waals surface area (Å²) < 4.78 is 0. The van der Waals surface area contributed by atoms with Crippen LogP contribution in [0.15, 0.2) is 65.7 Å². The molecule has 0 aliphatic carbocycles. The monoisotopic (exact) mass is 428 g/mol. The van der Waals surface area contributed by atoms with Crippen LogP contribution in [-0.4, -0.2) is 11.8 Å². The molecular weight excluding hydrogens is 415 g/mol. The molecule has 140 valence electrons. The van der Waals surface area contributed by atoms with E-state index in [0.29, 0.717) is 26.2 Å². The number of hydrogen-bond donors (Lipinski definition) is 1. The minimum absolute atomic E-state index is 0.231. The van der Waals surface area contributed by atoms with Crippen molar-refractivity contribution in [1.29, 1.82) is 0 Å². The zero-order valence-corrected chi connectivity index (χ0v) is 17.0. The Morgan fingerprint density at radius 3 is 2.32 bits per heavy atom. The number of nitrogens with one attached hydrogen (secondary N) is 1. The molecule has 0 atom stereocenters. The Labute approximate surface area is 176 Å². The largest absolute Gasteiger partial charge is 0.350 e. The summed E-state index contributed by atoms with van der Waals surface area (Å²) in [7, 11) is 0. The van der Waals surface area contributed by atoms with Crippen LogP contribution in [0.2, 0.25) is 10.0 Å². The molecule has 4 nitrogen and oxygen atoms in total. The summed E-state index contributed by atoms with van der Waals surface area (Å²) in [5.41, 5.74) is 2.67. The average molecular weight is 429 g/mol. The van der Waals surface area contributed by atoms with Gasteiger partial charge in [0, 0.05) is 20.6 Å². The van der Waals surface area contributed by atoms with Gasteiger partial charge in [0.05, 0.1) is 11.3 Å². The Bertz CT molecular complexity index is 1100. The molecule has 0 saturated carbocycles. The number of aryl methyl sites for hydroxylation is 1. The number of hydrogen-bond acceptors (Lipinski definition) is 4. The van der Waals surface area contributed by atoms with Gasteiger partial charge in [0.15, 0.2) is 0 Å². The Morgan fingerprint density at radius 2 is 1.68 bits per heavy atom. The van der Waals surface area contributed by atoms with E-state index in [-0.39, 0.29) is 5.70 Å². The molecule has 2 heterocycles. The number of amides is 2. The van der Waals surface area contributed by atoms with E-state index >= 15 is 0 Å². The number of nitrogens with zero attached hydrogens (tertiary/aromatic N) is 1. The van der Waals surface area contributed by atoms with Crippen molar-refractivity contribution in [3.8, 4) is 0 Å². The third-order valence-corrected chi connectivity index (χ3v) is 5.57. The first-order valence-electron chi connectivity index (χ1n) is 8.41. The molecule has 2 aromatic carbocycles. The van der Waals surface area contributed by atoms with Crippen molar-refractivity contribution >= 4 is 63.3 Å². The topological polar surface area (TPSA) is 49.4 Å². The number of carbonyl (C=O) groups excluding carboxylic acids is 2. The minimum Gasteiger partial charge on any atom is -0.350 e. The normalized spacial score (nSPS) is 14.2. The Hall–Kier alpha value is -2.60. The number of halogens is 2. The standard InChI is InChI=1S/C21H14Cl2N2O2S/c1-12-4-2-5-15(8-12)24-19-18(17-6-3-7-28-17)20(26)25(21(19)27)16-10-13(22)9-14(23)11-16/h2-11,24H,1H3. The first kappa shape index (κ1) is 18.7. The van der Waals surface area contributed by atoms with E-state index in [9.17, 15) is 9.59 Å². The summed E-state index contributed by atoms with van der Waals surface area (Å²) >= 11 is 13.6. The second-order valence-corrected chi connectivity index (χ2v) is 8.12. The predicted octanol–water partition coefficient (Wildman–Crippen LogP) is 5.76. The van der Waals surface area contributed by atoms with E-state index in [1.807, 2.05) is 48.7 Å². The van der Waals surface area contributed by atoms with Gasteiger partial charge in [-0.3, -0.25) is 9.59 Å². The molecule has 4 rings (SSSR count). The van der Waals surface area contributed by atoms with Crippen molar-refractivity contribution in [1.82, 2.24) is 0 Å². The molecule has 0 saturated heterocycles. The van der Waals surface area contributed by atoms with Crippen LogP contribution in [0.5, 0.6) is 0 Å². The van der Waals surface area contributed by atoms with Crippen LogP contribution in [0.1, 0.15) is 10.4 Å². The zero-order chi connectivity index (χ0) is 19.8. The quantitative estimate of drug-likeness (QED) is 0.537. The second kappa shape index (κ2) is 7.43. The molecule has 1 aromatic heterocycles. The van der Waals surface area contributed by atoms with Gasteiger partial charge in [-0.15, -0.1) is 11.3 Å². The van der Waals surface area contributed by atoms with Gasteiger partial charge in [0.2, 0.25) is 0 Å². The van der Waals surface area contributed by atoms with Gasteiger partial charge < -0.3 is 5.32 Å². The minimum atomic E-state index is -0.451. The first-order chi connectivity index (χ1) is 13.4. The van der Waals surface area contributed by atoms with Crippen LogP contribution in [-0.2, 0) is 9.59 Å². The molecule has 7 heteroatoms. The summed E-state index contributed by atoms with van der Waals surface area (Å²) in [5, 5.41) is 5.70. The number of imide groups is 1. The number of thiophene rings is 1. The van der Waals surface area contributed by atoms with Crippen molar-refractivity contribution in [3.05, 3.63) is 86.2 Å². The molecule has 0 unspecified atom stereocenters. The fraction of sp³-hybridized carbons (Fsp3) is 0.0476. The first-order valence-corrected chi connectivity index (χ1v) is 10.0. The van der Waals surface area contributed by atoms with Crippen molar-refractivity contribution in [2.45, 2.75) is 6.92 Å². The summed E-state index contributed by atoms with van der Waals surface area (Å²) in [6.07, 6.45) is 0. The van der Waals surface area contributed by atoms with E-state index in [4.69, 9.17) is 23.2 Å². The molecule has 0 bridgehead atoms. The molecule has 1 N–H and O–H groups in total. The second-order valence-electron chi connectivity index (χ2n) is 6.30. The molecular formula is C21H14Cl2N2O2S. The maximum Gasteiger partial charge on any atom is 0.282 e. The van der Waals surface area contributed by atoms with E-state index in [2.05, 4.69) is 5.32 Å². The molecule has 1 aliphatic rings. The maximum atomic E-state index is 13.2. The fourth-order valence-corrected chi connectivity index (χ4v) is 4.35. The summed E-state index contributed by atoms with van der Waals surface area (Å²) in [5.74, 6) is -0.867. The Balaban J connectivity index is 1.82. The number of anilines is 2. The average Bonchev–Trinajstić information content (AvgIpc) is 3.21. The van der Waals surface area contributed by atoms with Crippen molar-refractivity contribution in [3.63, 3.8) is 0 Å². The molecule has 2 amide bonds. The lowest BCUT2D eigenvalue weighted by molar-refractivity contribution is -0.120. The number of carbonyl (C=O) groups is 2. The zero-order valence-electron chi connectivity index (χ0n) is 14.7. The maximum absolute atomic E-state index is 13.2. The van der Waals surface area contributed by atoms with Crippen molar-refractivity contribution in [2.24, 2.45) is 0 Å².